The maximum absolute atomic E-state index is 12.3. The fourth-order valence-corrected chi connectivity index (χ4v) is 3.89. The Hall–Kier alpha value is -2.12. The number of nitrogens with zero attached hydrogens (tertiary/aromatic N) is 3. The minimum absolute atomic E-state index is 0.0380. The van der Waals surface area contributed by atoms with E-state index in [1.165, 1.54) is 6.42 Å². The number of aliphatic hydroxyl groups excluding tert-OH is 1. The average Bonchev–Trinajstić information content (AvgIpc) is 2.73. The molecule has 3 N–H and O–H groups in total. The minimum Gasteiger partial charge on any atom is -0.396 e. The van der Waals surface area contributed by atoms with Crippen molar-refractivity contribution in [2.75, 3.05) is 59.5 Å². The van der Waals surface area contributed by atoms with Crippen LogP contribution >= 0.6 is 0 Å². The normalized spacial score (nSPS) is 19.5. The summed E-state index contributed by atoms with van der Waals surface area (Å²) in [5, 5.41) is 16.4. The van der Waals surface area contributed by atoms with E-state index in [1.54, 1.807) is 7.05 Å². The van der Waals surface area contributed by atoms with Gasteiger partial charge in [0.2, 0.25) is 5.91 Å². The van der Waals surface area contributed by atoms with Crippen molar-refractivity contribution >= 4 is 11.9 Å². The monoisotopic (exact) mass is 401 g/mol. The van der Waals surface area contributed by atoms with Crippen LogP contribution in [0.3, 0.4) is 0 Å². The Kier molecular flexibility index (Phi) is 8.31. The third-order valence-corrected chi connectivity index (χ3v) is 6.09. The number of aliphatic hydroxyl groups is 1. The Morgan fingerprint density at radius 3 is 2.48 bits per heavy atom. The van der Waals surface area contributed by atoms with Crippen molar-refractivity contribution < 1.29 is 9.90 Å². The fourth-order valence-electron chi connectivity index (χ4n) is 3.89. The van der Waals surface area contributed by atoms with E-state index in [0.29, 0.717) is 18.4 Å². The number of carbonyl (C=O) groups excluding carboxylic acids is 1. The predicted molar refractivity (Wildman–Crippen MR) is 116 cm³/mol. The van der Waals surface area contributed by atoms with Gasteiger partial charge in [-0.2, -0.15) is 0 Å². The summed E-state index contributed by atoms with van der Waals surface area (Å²) in [7, 11) is 1.76. The number of amides is 1. The van der Waals surface area contributed by atoms with E-state index < -0.39 is 0 Å². The molecular formula is C22H35N5O2. The van der Waals surface area contributed by atoms with Gasteiger partial charge in [0.1, 0.15) is 0 Å². The molecule has 0 spiro atoms. The van der Waals surface area contributed by atoms with Crippen molar-refractivity contribution in [3.63, 3.8) is 0 Å². The van der Waals surface area contributed by atoms with Crippen molar-refractivity contribution in [1.29, 1.82) is 0 Å². The van der Waals surface area contributed by atoms with E-state index in [4.69, 9.17) is 0 Å². The van der Waals surface area contributed by atoms with Gasteiger partial charge in [0.25, 0.3) is 0 Å². The molecule has 3 rings (SSSR count). The summed E-state index contributed by atoms with van der Waals surface area (Å²) in [5.74, 6) is 1.46. The summed E-state index contributed by atoms with van der Waals surface area (Å²) in [5.41, 5.74) is 1.12. The predicted octanol–water partition coefficient (Wildman–Crippen LogP) is 0.872. The van der Waals surface area contributed by atoms with Crippen LogP contribution in [0.2, 0.25) is 0 Å². The zero-order valence-corrected chi connectivity index (χ0v) is 17.5. The van der Waals surface area contributed by atoms with E-state index in [1.807, 2.05) is 35.2 Å². The highest BCUT2D eigenvalue weighted by molar-refractivity contribution is 5.80. The lowest BCUT2D eigenvalue weighted by molar-refractivity contribution is -0.139. The Balaban J connectivity index is 1.33. The summed E-state index contributed by atoms with van der Waals surface area (Å²) in [6.07, 6.45) is 3.37. The third-order valence-electron chi connectivity index (χ3n) is 6.09. The highest BCUT2D eigenvalue weighted by Gasteiger charge is 2.30. The lowest BCUT2D eigenvalue weighted by Crippen LogP contribution is -2.52. The number of piperazine rings is 1. The smallest absolute Gasteiger partial charge is 0.225 e. The fraction of sp³-hybridized carbons (Fsp3) is 0.636. The summed E-state index contributed by atoms with van der Waals surface area (Å²) < 4.78 is 0. The third kappa shape index (κ3) is 6.18. The Labute approximate surface area is 174 Å². The molecule has 7 nitrogen and oxygen atoms in total. The molecule has 2 fully saturated rings. The lowest BCUT2D eigenvalue weighted by atomic mass is 9.84. The van der Waals surface area contributed by atoms with Crippen LogP contribution in [0.5, 0.6) is 0 Å². The molecule has 0 bridgehead atoms. The Morgan fingerprint density at radius 1 is 1.17 bits per heavy atom. The quantitative estimate of drug-likeness (QED) is 0.445. The molecule has 7 heteroatoms. The van der Waals surface area contributed by atoms with Gasteiger partial charge in [-0.25, -0.2) is 0 Å². The zero-order chi connectivity index (χ0) is 20.5. The maximum Gasteiger partial charge on any atom is 0.225 e. The van der Waals surface area contributed by atoms with Crippen LogP contribution in [0.15, 0.2) is 35.3 Å². The van der Waals surface area contributed by atoms with Crippen LogP contribution in [0.25, 0.3) is 0 Å². The van der Waals surface area contributed by atoms with Crippen LogP contribution < -0.4 is 10.6 Å². The van der Waals surface area contributed by atoms with Gasteiger partial charge < -0.3 is 20.6 Å². The van der Waals surface area contributed by atoms with Gasteiger partial charge in [0, 0.05) is 64.7 Å². The number of hydrogen-bond donors (Lipinski definition) is 3. The number of aliphatic imine (C=N–C) groups is 1. The second-order valence-corrected chi connectivity index (χ2v) is 7.96. The van der Waals surface area contributed by atoms with Gasteiger partial charge in [0.15, 0.2) is 5.96 Å². The maximum atomic E-state index is 12.3. The second kappa shape index (κ2) is 11.2. The standard InChI is InChI=1S/C22H35N5O2/c1-23-22(25-16-20(17-28)18-6-3-2-4-7-18)24-10-11-26-12-14-27(15-13-26)21(29)19-8-5-9-19/h2-4,6-7,19-20,28H,5,8-17H2,1H3,(H2,23,24,25). The largest absolute Gasteiger partial charge is 0.396 e. The van der Waals surface area contributed by atoms with Crippen molar-refractivity contribution in [3.8, 4) is 0 Å². The summed E-state index contributed by atoms with van der Waals surface area (Å²) in [6, 6.07) is 10.0. The van der Waals surface area contributed by atoms with Gasteiger partial charge >= 0.3 is 0 Å². The number of nitrogens with one attached hydrogen (secondary N) is 2. The summed E-state index contributed by atoms with van der Waals surface area (Å²) in [4.78, 5) is 21.1. The highest BCUT2D eigenvalue weighted by atomic mass is 16.3. The summed E-state index contributed by atoms with van der Waals surface area (Å²) in [6.45, 7) is 6.01. The van der Waals surface area contributed by atoms with Crippen LogP contribution in [0.1, 0.15) is 30.7 Å². The van der Waals surface area contributed by atoms with Crippen molar-refractivity contribution in [2.45, 2.75) is 25.2 Å². The molecule has 1 amide bonds. The van der Waals surface area contributed by atoms with Gasteiger partial charge in [-0.1, -0.05) is 36.8 Å². The molecule has 1 unspecified atom stereocenters. The molecule has 1 heterocycles. The molecule has 0 aromatic heterocycles. The van der Waals surface area contributed by atoms with E-state index in [-0.39, 0.29) is 12.5 Å². The SMILES string of the molecule is CN=C(NCCN1CCN(C(=O)C2CCC2)CC1)NCC(CO)c1ccccc1. The van der Waals surface area contributed by atoms with E-state index in [2.05, 4.69) is 20.5 Å². The van der Waals surface area contributed by atoms with Crippen molar-refractivity contribution in [3.05, 3.63) is 35.9 Å². The van der Waals surface area contributed by atoms with Gasteiger partial charge in [0.05, 0.1) is 6.61 Å². The number of rotatable bonds is 8. The molecule has 1 aromatic carbocycles. The van der Waals surface area contributed by atoms with Crippen molar-refractivity contribution in [1.82, 2.24) is 20.4 Å². The van der Waals surface area contributed by atoms with E-state index >= 15 is 0 Å². The Morgan fingerprint density at radius 2 is 1.90 bits per heavy atom. The van der Waals surface area contributed by atoms with Gasteiger partial charge in [-0.15, -0.1) is 0 Å². The van der Waals surface area contributed by atoms with Crippen LogP contribution in [0, 0.1) is 5.92 Å². The molecule has 29 heavy (non-hydrogen) atoms. The Bertz CT molecular complexity index is 654. The molecule has 1 aliphatic carbocycles. The number of benzene rings is 1. The lowest BCUT2D eigenvalue weighted by Gasteiger charge is -2.38. The highest BCUT2D eigenvalue weighted by Crippen LogP contribution is 2.28. The van der Waals surface area contributed by atoms with Gasteiger partial charge in [-0.05, 0) is 18.4 Å². The first kappa shape index (κ1) is 21.6. The molecule has 1 aliphatic heterocycles. The second-order valence-electron chi connectivity index (χ2n) is 7.96. The molecule has 1 saturated carbocycles. The van der Waals surface area contributed by atoms with E-state index in [9.17, 15) is 9.90 Å². The van der Waals surface area contributed by atoms with Crippen LogP contribution in [0.4, 0.5) is 0 Å². The van der Waals surface area contributed by atoms with Crippen molar-refractivity contribution in [2.24, 2.45) is 10.9 Å². The molecule has 2 aliphatic rings. The first-order chi connectivity index (χ1) is 14.2. The summed E-state index contributed by atoms with van der Waals surface area (Å²) >= 11 is 0. The number of carbonyl (C=O) groups is 1. The number of hydrogen-bond acceptors (Lipinski definition) is 4. The molecule has 1 aromatic rings. The number of guanidine groups is 1. The minimum atomic E-state index is 0.0380. The van der Waals surface area contributed by atoms with Crippen LogP contribution in [-0.2, 0) is 4.79 Å². The molecule has 1 saturated heterocycles. The van der Waals surface area contributed by atoms with E-state index in [0.717, 1.165) is 63.6 Å². The zero-order valence-electron chi connectivity index (χ0n) is 17.5. The first-order valence-corrected chi connectivity index (χ1v) is 10.8. The first-order valence-electron chi connectivity index (χ1n) is 10.8. The molecular weight excluding hydrogens is 366 g/mol. The van der Waals surface area contributed by atoms with Crippen LogP contribution in [-0.4, -0.2) is 86.2 Å². The molecule has 0 radical (unpaired) electrons. The molecule has 160 valence electrons. The average molecular weight is 402 g/mol. The molecule has 1 atom stereocenters. The van der Waals surface area contributed by atoms with Gasteiger partial charge in [-0.3, -0.25) is 14.7 Å². The topological polar surface area (TPSA) is 80.2 Å².